The fraction of sp³-hybridized carbons (Fsp3) is 0.667. The zero-order valence-electron chi connectivity index (χ0n) is 15.3. The molecule has 132 valence electrons. The largest absolute Gasteiger partial charge is 0.398 e. The van der Waals surface area contributed by atoms with Gasteiger partial charge in [0.1, 0.15) is 5.78 Å². The average molecular weight is 329 g/mol. The fourth-order valence-corrected chi connectivity index (χ4v) is 5.60. The van der Waals surface area contributed by atoms with Gasteiger partial charge in [0, 0.05) is 23.1 Å². The second-order valence-electron chi connectivity index (χ2n) is 7.74. The van der Waals surface area contributed by atoms with Crippen molar-refractivity contribution in [3.05, 3.63) is 28.8 Å². The number of hydrogen-bond acceptors (Lipinski definition) is 3. The van der Waals surface area contributed by atoms with Crippen molar-refractivity contribution >= 4 is 11.5 Å². The number of fused-ring (bicyclic) bond motifs is 5. The standard InChI is InChI=1S/C19H25NO2.C2H6/c1-19-7-6-13-14(16(19)4-5-18(19)22)3-2-11-9-17(20)12(10-21)8-15(11)13;1-2/h8-9,13-14,16,21H,2-7,10,20H2,1H3;1-2H3. The van der Waals surface area contributed by atoms with E-state index in [9.17, 15) is 9.90 Å². The van der Waals surface area contributed by atoms with Crippen molar-refractivity contribution in [1.82, 2.24) is 0 Å². The summed E-state index contributed by atoms with van der Waals surface area (Å²) < 4.78 is 0. The molecule has 2 fully saturated rings. The number of Topliss-reactive ketones (excluding diaryl/α,β-unsaturated/α-hetero) is 1. The number of ketones is 1. The van der Waals surface area contributed by atoms with E-state index in [1.807, 2.05) is 13.8 Å². The summed E-state index contributed by atoms with van der Waals surface area (Å²) in [6.45, 7) is 6.22. The van der Waals surface area contributed by atoms with E-state index in [1.54, 1.807) is 0 Å². The predicted molar refractivity (Wildman–Crippen MR) is 97.7 cm³/mol. The van der Waals surface area contributed by atoms with Gasteiger partial charge >= 0.3 is 0 Å². The highest BCUT2D eigenvalue weighted by Gasteiger charge is 2.54. The molecule has 2 saturated carbocycles. The van der Waals surface area contributed by atoms with Gasteiger partial charge in [-0.2, -0.15) is 0 Å². The highest BCUT2D eigenvalue weighted by Crippen LogP contribution is 2.59. The summed E-state index contributed by atoms with van der Waals surface area (Å²) in [6.07, 6.45) is 6.23. The van der Waals surface area contributed by atoms with Crippen LogP contribution in [0.2, 0.25) is 0 Å². The fourth-order valence-electron chi connectivity index (χ4n) is 5.60. The van der Waals surface area contributed by atoms with Gasteiger partial charge in [-0.15, -0.1) is 0 Å². The molecule has 3 nitrogen and oxygen atoms in total. The molecule has 3 aliphatic rings. The lowest BCUT2D eigenvalue weighted by Gasteiger charge is -2.48. The maximum Gasteiger partial charge on any atom is 0.139 e. The number of aryl methyl sites for hydroxylation is 1. The highest BCUT2D eigenvalue weighted by atomic mass is 16.3. The van der Waals surface area contributed by atoms with Gasteiger partial charge in [-0.05, 0) is 67.1 Å². The van der Waals surface area contributed by atoms with E-state index in [2.05, 4.69) is 19.1 Å². The Kier molecular flexibility index (Phi) is 4.74. The number of nitrogens with two attached hydrogens (primary N) is 1. The first kappa shape index (κ1) is 17.5. The molecule has 4 unspecified atom stereocenters. The van der Waals surface area contributed by atoms with E-state index in [4.69, 9.17) is 5.73 Å². The van der Waals surface area contributed by atoms with Gasteiger partial charge in [-0.3, -0.25) is 4.79 Å². The summed E-state index contributed by atoms with van der Waals surface area (Å²) >= 11 is 0. The lowest BCUT2D eigenvalue weighted by Crippen LogP contribution is -2.42. The SMILES string of the molecule is CC.CC12CCC3c4cc(CO)c(N)cc4CCC3C1CCC2=O. The smallest absolute Gasteiger partial charge is 0.139 e. The van der Waals surface area contributed by atoms with Crippen molar-refractivity contribution < 1.29 is 9.90 Å². The maximum atomic E-state index is 12.3. The minimum Gasteiger partial charge on any atom is -0.398 e. The molecule has 0 aromatic heterocycles. The summed E-state index contributed by atoms with van der Waals surface area (Å²) in [4.78, 5) is 12.3. The molecule has 0 radical (unpaired) electrons. The molecule has 0 bridgehead atoms. The summed E-state index contributed by atoms with van der Waals surface area (Å²) in [5, 5.41) is 9.52. The maximum absolute atomic E-state index is 12.3. The zero-order chi connectivity index (χ0) is 17.5. The minimum absolute atomic E-state index is 0.0100. The van der Waals surface area contributed by atoms with Crippen molar-refractivity contribution in [1.29, 1.82) is 0 Å². The van der Waals surface area contributed by atoms with Crippen LogP contribution in [-0.4, -0.2) is 10.9 Å². The van der Waals surface area contributed by atoms with Crippen molar-refractivity contribution in [2.45, 2.75) is 71.8 Å². The van der Waals surface area contributed by atoms with E-state index >= 15 is 0 Å². The van der Waals surface area contributed by atoms with Crippen molar-refractivity contribution in [2.24, 2.45) is 17.3 Å². The van der Waals surface area contributed by atoms with Gasteiger partial charge < -0.3 is 10.8 Å². The topological polar surface area (TPSA) is 63.3 Å². The van der Waals surface area contributed by atoms with Crippen LogP contribution in [0, 0.1) is 17.3 Å². The van der Waals surface area contributed by atoms with E-state index in [-0.39, 0.29) is 12.0 Å². The Hall–Kier alpha value is -1.35. The molecule has 0 saturated heterocycles. The quantitative estimate of drug-likeness (QED) is 0.759. The summed E-state index contributed by atoms with van der Waals surface area (Å²) in [5.74, 6) is 2.24. The first-order valence-corrected chi connectivity index (χ1v) is 9.60. The van der Waals surface area contributed by atoms with Crippen LogP contribution in [0.15, 0.2) is 12.1 Å². The average Bonchev–Trinajstić information content (AvgIpc) is 2.91. The summed E-state index contributed by atoms with van der Waals surface area (Å²) in [5.41, 5.74) is 10.3. The van der Waals surface area contributed by atoms with Crippen LogP contribution in [0.4, 0.5) is 5.69 Å². The molecule has 3 aliphatic carbocycles. The van der Waals surface area contributed by atoms with Crippen molar-refractivity contribution in [3.63, 3.8) is 0 Å². The van der Waals surface area contributed by atoms with Crippen molar-refractivity contribution in [3.8, 4) is 0 Å². The van der Waals surface area contributed by atoms with Crippen LogP contribution in [0.25, 0.3) is 0 Å². The number of rotatable bonds is 1. The van der Waals surface area contributed by atoms with Crippen LogP contribution in [-0.2, 0) is 17.8 Å². The first-order chi connectivity index (χ1) is 11.5. The molecule has 4 rings (SSSR count). The molecule has 24 heavy (non-hydrogen) atoms. The molecule has 1 aromatic rings. The number of carbonyl (C=O) groups excluding carboxylic acids is 1. The van der Waals surface area contributed by atoms with E-state index in [0.717, 1.165) is 43.4 Å². The van der Waals surface area contributed by atoms with E-state index < -0.39 is 0 Å². The normalized spacial score (nSPS) is 33.8. The third-order valence-corrected chi connectivity index (χ3v) is 6.86. The minimum atomic E-state index is -0.0632. The lowest BCUT2D eigenvalue weighted by molar-refractivity contribution is -0.129. The second kappa shape index (κ2) is 6.51. The molecular formula is C21H31NO2. The Morgan fingerprint density at radius 2 is 1.96 bits per heavy atom. The predicted octanol–water partition coefficient (Wildman–Crippen LogP) is 4.21. The van der Waals surface area contributed by atoms with Crippen LogP contribution in [0.5, 0.6) is 0 Å². The van der Waals surface area contributed by atoms with E-state index in [0.29, 0.717) is 23.5 Å². The Bertz CT molecular complexity index is 639. The van der Waals surface area contributed by atoms with Gasteiger partial charge in [0.05, 0.1) is 6.61 Å². The second-order valence-corrected chi connectivity index (χ2v) is 7.74. The van der Waals surface area contributed by atoms with E-state index in [1.165, 1.54) is 17.5 Å². The van der Waals surface area contributed by atoms with Gasteiger partial charge in [-0.1, -0.05) is 26.8 Å². The van der Waals surface area contributed by atoms with Gasteiger partial charge in [-0.25, -0.2) is 0 Å². The molecule has 1 aromatic carbocycles. The number of carbonyl (C=O) groups is 1. The number of aliphatic hydroxyl groups excluding tert-OH is 1. The van der Waals surface area contributed by atoms with Crippen molar-refractivity contribution in [2.75, 3.05) is 5.73 Å². The molecule has 4 atom stereocenters. The number of anilines is 1. The molecule has 0 spiro atoms. The molecule has 3 N–H and O–H groups in total. The van der Waals surface area contributed by atoms with Crippen LogP contribution >= 0.6 is 0 Å². The van der Waals surface area contributed by atoms with Gasteiger partial charge in [0.2, 0.25) is 0 Å². The van der Waals surface area contributed by atoms with Gasteiger partial charge in [0.15, 0.2) is 0 Å². The highest BCUT2D eigenvalue weighted by molar-refractivity contribution is 5.87. The Labute approximate surface area is 145 Å². The van der Waals surface area contributed by atoms with Crippen LogP contribution in [0.3, 0.4) is 0 Å². The Morgan fingerprint density at radius 3 is 2.67 bits per heavy atom. The number of nitrogen functional groups attached to an aromatic ring is 1. The number of hydrogen-bond donors (Lipinski definition) is 2. The number of benzene rings is 1. The zero-order valence-corrected chi connectivity index (χ0v) is 15.3. The monoisotopic (exact) mass is 329 g/mol. The molecule has 0 heterocycles. The van der Waals surface area contributed by atoms with Crippen LogP contribution < -0.4 is 5.73 Å². The summed E-state index contributed by atoms with van der Waals surface area (Å²) in [6, 6.07) is 4.21. The lowest BCUT2D eigenvalue weighted by atomic mass is 9.55. The molecule has 3 heteroatoms. The number of aliphatic hydroxyl groups is 1. The molecule has 0 aliphatic heterocycles. The third kappa shape index (κ3) is 2.48. The third-order valence-electron chi connectivity index (χ3n) is 6.86. The van der Waals surface area contributed by atoms with Gasteiger partial charge in [0.25, 0.3) is 0 Å². The van der Waals surface area contributed by atoms with Crippen LogP contribution in [0.1, 0.15) is 75.5 Å². The summed E-state index contributed by atoms with van der Waals surface area (Å²) in [7, 11) is 0. The first-order valence-electron chi connectivity index (χ1n) is 9.60. The molecule has 0 amide bonds. The molecular weight excluding hydrogens is 298 g/mol. The Balaban J connectivity index is 0.000000815. The Morgan fingerprint density at radius 1 is 1.21 bits per heavy atom.